The van der Waals surface area contributed by atoms with Gasteiger partial charge in [-0.15, -0.1) is 0 Å². The molecule has 1 aliphatic heterocycles. The highest BCUT2D eigenvalue weighted by atomic mass is 16.2. The third-order valence-corrected chi connectivity index (χ3v) is 2.94. The van der Waals surface area contributed by atoms with Crippen LogP contribution >= 0.6 is 0 Å². The summed E-state index contributed by atoms with van der Waals surface area (Å²) < 4.78 is 0. The molecule has 1 aliphatic rings. The summed E-state index contributed by atoms with van der Waals surface area (Å²) in [7, 11) is 1.65. The Hall–Kier alpha value is -1.85. The monoisotopic (exact) mass is 235 g/mol. The van der Waals surface area contributed by atoms with Gasteiger partial charge in [0.15, 0.2) is 0 Å². The minimum Gasteiger partial charge on any atom is -0.384 e. The lowest BCUT2D eigenvalue weighted by Gasteiger charge is -2.24. The van der Waals surface area contributed by atoms with Gasteiger partial charge in [0, 0.05) is 19.7 Å². The number of nitrogens with one attached hydrogen (secondary N) is 1. The molecule has 1 aromatic rings. The molecule has 0 aromatic carbocycles. The van der Waals surface area contributed by atoms with E-state index in [0.29, 0.717) is 11.6 Å². The predicted octanol–water partition coefficient (Wildman–Crippen LogP) is 0.0820. The fourth-order valence-electron chi connectivity index (χ4n) is 2.20. The Bertz CT molecular complexity index is 414. The molecule has 1 amide bonds. The maximum atomic E-state index is 11.7. The van der Waals surface area contributed by atoms with Gasteiger partial charge < -0.3 is 16.0 Å². The third kappa shape index (κ3) is 2.30. The molecule has 2 heterocycles. The highest BCUT2D eigenvalue weighted by molar-refractivity contribution is 5.85. The molecule has 0 spiro atoms. The average Bonchev–Trinajstić information content (AvgIpc) is 2.75. The Morgan fingerprint density at radius 1 is 1.59 bits per heavy atom. The molecule has 6 heteroatoms. The van der Waals surface area contributed by atoms with Gasteiger partial charge in [0.1, 0.15) is 23.5 Å². The van der Waals surface area contributed by atoms with Crippen molar-refractivity contribution in [3.63, 3.8) is 0 Å². The van der Waals surface area contributed by atoms with Crippen LogP contribution in [0.3, 0.4) is 0 Å². The van der Waals surface area contributed by atoms with Gasteiger partial charge in [-0.05, 0) is 19.8 Å². The number of nitrogen functional groups attached to an aromatic ring is 1. The number of aromatic nitrogens is 2. The predicted molar refractivity (Wildman–Crippen MR) is 65.6 cm³/mol. The molecule has 0 aliphatic carbocycles. The number of nitrogens with zero attached hydrogens (tertiary/aromatic N) is 3. The molecule has 1 unspecified atom stereocenters. The second-order valence-corrected chi connectivity index (χ2v) is 4.16. The van der Waals surface area contributed by atoms with Gasteiger partial charge in [0.2, 0.25) is 5.91 Å². The van der Waals surface area contributed by atoms with Crippen molar-refractivity contribution in [2.24, 2.45) is 0 Å². The Kier molecular flexibility index (Phi) is 3.12. The Morgan fingerprint density at radius 2 is 2.35 bits per heavy atom. The van der Waals surface area contributed by atoms with Crippen molar-refractivity contribution < 1.29 is 4.79 Å². The molecule has 2 rings (SSSR count). The summed E-state index contributed by atoms with van der Waals surface area (Å²) in [5.74, 6) is 1.83. The SMILES string of the molecule is CNC(=O)C1CCCN1c1cc(N)nc(C)n1. The second kappa shape index (κ2) is 4.57. The molecule has 0 saturated carbocycles. The lowest BCUT2D eigenvalue weighted by atomic mass is 10.2. The summed E-state index contributed by atoms with van der Waals surface area (Å²) >= 11 is 0. The standard InChI is InChI=1S/C11H17N5O/c1-7-14-9(12)6-10(15-7)16-5-3-4-8(16)11(17)13-2/h6,8H,3-5H2,1-2H3,(H,13,17)(H2,12,14,15). The van der Waals surface area contributed by atoms with Crippen molar-refractivity contribution >= 4 is 17.5 Å². The van der Waals surface area contributed by atoms with Gasteiger partial charge in [0.25, 0.3) is 0 Å². The summed E-state index contributed by atoms with van der Waals surface area (Å²) in [6.07, 6.45) is 1.84. The first-order chi connectivity index (χ1) is 8.11. The van der Waals surface area contributed by atoms with Crippen molar-refractivity contribution in [1.29, 1.82) is 0 Å². The molecule has 3 N–H and O–H groups in total. The van der Waals surface area contributed by atoms with E-state index in [4.69, 9.17) is 5.73 Å². The van der Waals surface area contributed by atoms with Crippen molar-refractivity contribution in [2.75, 3.05) is 24.2 Å². The van der Waals surface area contributed by atoms with Crippen molar-refractivity contribution in [2.45, 2.75) is 25.8 Å². The van der Waals surface area contributed by atoms with Gasteiger partial charge in [-0.25, -0.2) is 9.97 Å². The zero-order valence-electron chi connectivity index (χ0n) is 10.1. The quantitative estimate of drug-likeness (QED) is 0.758. The molecule has 17 heavy (non-hydrogen) atoms. The number of hydrogen-bond acceptors (Lipinski definition) is 5. The van der Waals surface area contributed by atoms with Gasteiger partial charge in [-0.3, -0.25) is 4.79 Å². The first-order valence-corrected chi connectivity index (χ1v) is 5.71. The van der Waals surface area contributed by atoms with Crippen molar-refractivity contribution in [1.82, 2.24) is 15.3 Å². The molecule has 1 aromatic heterocycles. The number of anilines is 2. The van der Waals surface area contributed by atoms with Gasteiger partial charge in [-0.1, -0.05) is 0 Å². The zero-order valence-corrected chi connectivity index (χ0v) is 10.1. The van der Waals surface area contributed by atoms with E-state index >= 15 is 0 Å². The summed E-state index contributed by atoms with van der Waals surface area (Å²) in [6.45, 7) is 2.62. The van der Waals surface area contributed by atoms with E-state index in [-0.39, 0.29) is 11.9 Å². The number of aryl methyl sites for hydroxylation is 1. The van der Waals surface area contributed by atoms with Crippen LogP contribution in [0.15, 0.2) is 6.07 Å². The van der Waals surface area contributed by atoms with Gasteiger partial charge in [-0.2, -0.15) is 0 Å². The molecular formula is C11H17N5O. The van der Waals surface area contributed by atoms with Crippen molar-refractivity contribution in [3.05, 3.63) is 11.9 Å². The van der Waals surface area contributed by atoms with E-state index in [1.54, 1.807) is 20.0 Å². The number of hydrogen-bond donors (Lipinski definition) is 2. The van der Waals surface area contributed by atoms with Crippen LogP contribution in [-0.2, 0) is 4.79 Å². The fourth-order valence-corrected chi connectivity index (χ4v) is 2.20. The van der Waals surface area contributed by atoms with E-state index in [2.05, 4.69) is 15.3 Å². The number of nitrogens with two attached hydrogens (primary N) is 1. The van der Waals surface area contributed by atoms with Crippen LogP contribution in [-0.4, -0.2) is 35.5 Å². The molecule has 0 bridgehead atoms. The van der Waals surface area contributed by atoms with Crippen LogP contribution in [0.1, 0.15) is 18.7 Å². The average molecular weight is 235 g/mol. The van der Waals surface area contributed by atoms with Gasteiger partial charge >= 0.3 is 0 Å². The zero-order chi connectivity index (χ0) is 12.4. The van der Waals surface area contributed by atoms with E-state index in [0.717, 1.165) is 25.2 Å². The molecule has 0 radical (unpaired) electrons. The number of rotatable bonds is 2. The lowest BCUT2D eigenvalue weighted by Crippen LogP contribution is -2.42. The number of likely N-dealkylation sites (N-methyl/N-ethyl adjacent to an activating group) is 1. The smallest absolute Gasteiger partial charge is 0.242 e. The number of carbonyl (C=O) groups excluding carboxylic acids is 1. The molecule has 1 saturated heterocycles. The normalized spacial score (nSPS) is 19.4. The molecule has 92 valence electrons. The molecular weight excluding hydrogens is 218 g/mol. The summed E-state index contributed by atoms with van der Waals surface area (Å²) in [6, 6.07) is 1.57. The van der Waals surface area contributed by atoms with Crippen LogP contribution in [0.2, 0.25) is 0 Å². The summed E-state index contributed by atoms with van der Waals surface area (Å²) in [5, 5.41) is 2.68. The maximum absolute atomic E-state index is 11.7. The van der Waals surface area contributed by atoms with Crippen LogP contribution in [0, 0.1) is 6.92 Å². The Morgan fingerprint density at radius 3 is 3.00 bits per heavy atom. The lowest BCUT2D eigenvalue weighted by molar-refractivity contribution is -0.121. The first-order valence-electron chi connectivity index (χ1n) is 5.71. The molecule has 6 nitrogen and oxygen atoms in total. The van der Waals surface area contributed by atoms with Crippen LogP contribution in [0.4, 0.5) is 11.6 Å². The number of amides is 1. The van der Waals surface area contributed by atoms with Crippen LogP contribution < -0.4 is 16.0 Å². The second-order valence-electron chi connectivity index (χ2n) is 4.16. The minimum atomic E-state index is -0.145. The van der Waals surface area contributed by atoms with E-state index in [1.165, 1.54) is 0 Å². The highest BCUT2D eigenvalue weighted by Gasteiger charge is 2.31. The van der Waals surface area contributed by atoms with Crippen LogP contribution in [0.25, 0.3) is 0 Å². The third-order valence-electron chi connectivity index (χ3n) is 2.94. The highest BCUT2D eigenvalue weighted by Crippen LogP contribution is 2.24. The Labute approximate surface area is 100 Å². The van der Waals surface area contributed by atoms with Gasteiger partial charge in [0.05, 0.1) is 0 Å². The summed E-state index contributed by atoms with van der Waals surface area (Å²) in [5.41, 5.74) is 5.70. The Balaban J connectivity index is 2.28. The molecule has 1 atom stereocenters. The van der Waals surface area contributed by atoms with E-state index in [9.17, 15) is 4.79 Å². The number of carbonyl (C=O) groups is 1. The van der Waals surface area contributed by atoms with E-state index in [1.807, 2.05) is 4.90 Å². The minimum absolute atomic E-state index is 0.0253. The van der Waals surface area contributed by atoms with Crippen LogP contribution in [0.5, 0.6) is 0 Å². The fraction of sp³-hybridized carbons (Fsp3) is 0.545. The first kappa shape index (κ1) is 11.6. The summed E-state index contributed by atoms with van der Waals surface area (Å²) in [4.78, 5) is 22.1. The topological polar surface area (TPSA) is 84.1 Å². The van der Waals surface area contributed by atoms with E-state index < -0.39 is 0 Å². The maximum Gasteiger partial charge on any atom is 0.242 e. The largest absolute Gasteiger partial charge is 0.384 e. The van der Waals surface area contributed by atoms with Crippen molar-refractivity contribution in [3.8, 4) is 0 Å². The molecule has 1 fully saturated rings.